The molecule has 0 radical (unpaired) electrons. The average molecular weight is 375 g/mol. The number of hydrogen-bond donors (Lipinski definition) is 6. The van der Waals surface area contributed by atoms with Gasteiger partial charge in [-0.2, -0.15) is 5.11 Å². The molecular weight excluding hydrogens is 360 g/mol. The summed E-state index contributed by atoms with van der Waals surface area (Å²) in [6.07, 6.45) is 0. The van der Waals surface area contributed by atoms with E-state index < -0.39 is 0 Å². The molecule has 5 nitrogen and oxygen atoms in total. The molecule has 0 fully saturated rings. The van der Waals surface area contributed by atoms with Crippen LogP contribution in [-0.2, 0) is 0 Å². The van der Waals surface area contributed by atoms with E-state index in [9.17, 15) is 5.11 Å². The lowest BCUT2D eigenvalue weighted by atomic mass is 10.1. The molecule has 24 heavy (non-hydrogen) atoms. The summed E-state index contributed by atoms with van der Waals surface area (Å²) >= 11 is 13.0. The van der Waals surface area contributed by atoms with Gasteiger partial charge < -0.3 is 16.6 Å². The van der Waals surface area contributed by atoms with Crippen molar-refractivity contribution in [3.8, 4) is 5.75 Å². The van der Waals surface area contributed by atoms with E-state index in [1.807, 2.05) is 12.1 Å². The maximum Gasteiger partial charge on any atom is 0.154 e. The zero-order valence-electron chi connectivity index (χ0n) is 12.3. The maximum absolute atomic E-state index is 10.6. The van der Waals surface area contributed by atoms with Crippen molar-refractivity contribution in [2.45, 2.75) is 14.7 Å². The van der Waals surface area contributed by atoms with Crippen molar-refractivity contribution in [3.63, 3.8) is 0 Å². The molecule has 0 amide bonds. The molecular formula is C16H14N4OS3. The SMILES string of the molecule is Nc1cc(S)c2cc(S)c(/N=N/c3cccc(S)c3)c(O)c2c1N. The third-order valence-electron chi connectivity index (χ3n) is 3.50. The number of nitrogen functional groups attached to an aromatic ring is 2. The molecule has 3 rings (SSSR count). The fraction of sp³-hybridized carbons (Fsp3) is 0. The van der Waals surface area contributed by atoms with E-state index in [-0.39, 0.29) is 17.1 Å². The number of anilines is 2. The van der Waals surface area contributed by atoms with Gasteiger partial charge in [0.05, 0.1) is 22.4 Å². The summed E-state index contributed by atoms with van der Waals surface area (Å²) in [7, 11) is 0. The summed E-state index contributed by atoms with van der Waals surface area (Å²) in [5, 5.41) is 19.9. The van der Waals surface area contributed by atoms with E-state index in [4.69, 9.17) is 11.5 Å². The van der Waals surface area contributed by atoms with Crippen LogP contribution in [0.5, 0.6) is 5.75 Å². The van der Waals surface area contributed by atoms with E-state index in [2.05, 4.69) is 48.1 Å². The maximum atomic E-state index is 10.6. The van der Waals surface area contributed by atoms with E-state index in [0.29, 0.717) is 31.9 Å². The number of benzene rings is 3. The number of azo groups is 1. The lowest BCUT2D eigenvalue weighted by molar-refractivity contribution is 0.481. The van der Waals surface area contributed by atoms with Crippen LogP contribution in [0.15, 0.2) is 61.3 Å². The number of nitrogens with zero attached hydrogens (tertiary/aromatic N) is 2. The van der Waals surface area contributed by atoms with E-state index >= 15 is 0 Å². The average Bonchev–Trinajstić information content (AvgIpc) is 2.52. The van der Waals surface area contributed by atoms with Crippen molar-refractivity contribution in [2.24, 2.45) is 10.2 Å². The quantitative estimate of drug-likeness (QED) is 0.217. The summed E-state index contributed by atoms with van der Waals surface area (Å²) in [6, 6.07) is 10.5. The third-order valence-corrected chi connectivity index (χ3v) is 4.49. The van der Waals surface area contributed by atoms with Crippen LogP contribution < -0.4 is 11.5 Å². The number of phenols is 1. The van der Waals surface area contributed by atoms with Gasteiger partial charge in [-0.3, -0.25) is 0 Å². The van der Waals surface area contributed by atoms with Crippen LogP contribution in [0.25, 0.3) is 10.8 Å². The summed E-state index contributed by atoms with van der Waals surface area (Å²) in [5.74, 6) is -0.136. The second-order valence-electron chi connectivity index (χ2n) is 5.13. The Balaban J connectivity index is 2.20. The van der Waals surface area contributed by atoms with Gasteiger partial charge in [0.25, 0.3) is 0 Å². The number of thiol groups is 3. The van der Waals surface area contributed by atoms with Crippen LogP contribution in [0.1, 0.15) is 0 Å². The Morgan fingerprint density at radius 1 is 0.917 bits per heavy atom. The molecule has 0 aliphatic carbocycles. The highest BCUT2D eigenvalue weighted by Gasteiger charge is 2.16. The number of nitrogens with two attached hydrogens (primary N) is 2. The van der Waals surface area contributed by atoms with Gasteiger partial charge in [0.2, 0.25) is 0 Å². The van der Waals surface area contributed by atoms with Gasteiger partial charge in [-0.15, -0.1) is 43.0 Å². The molecule has 0 heterocycles. The Hall–Kier alpha value is -2.03. The highest BCUT2D eigenvalue weighted by atomic mass is 32.1. The summed E-state index contributed by atoms with van der Waals surface area (Å²) in [5.41, 5.74) is 13.3. The molecule has 0 aromatic heterocycles. The minimum absolute atomic E-state index is 0.136. The second-order valence-corrected chi connectivity index (χ2v) is 6.61. The Labute approximate surface area is 155 Å². The molecule has 0 bridgehead atoms. The molecule has 0 saturated heterocycles. The van der Waals surface area contributed by atoms with Gasteiger partial charge in [-0.25, -0.2) is 0 Å². The number of aromatic hydroxyl groups is 1. The van der Waals surface area contributed by atoms with Crippen LogP contribution in [0.4, 0.5) is 22.7 Å². The Morgan fingerprint density at radius 3 is 2.38 bits per heavy atom. The zero-order chi connectivity index (χ0) is 17.4. The molecule has 0 aliphatic rings. The minimum Gasteiger partial charge on any atom is -0.505 e. The number of hydrogen-bond acceptors (Lipinski definition) is 8. The standard InChI is InChI=1S/C16H14N4OS3/c17-10-6-11(23)9-5-12(24)15(16(21)13(9)14(10)18)20-19-7-2-1-3-8(22)4-7/h1-6,21-24H,17-18H2/b20-19+. The third kappa shape index (κ3) is 3.00. The molecule has 8 heteroatoms. The van der Waals surface area contributed by atoms with Gasteiger partial charge in [0.15, 0.2) is 5.75 Å². The zero-order valence-corrected chi connectivity index (χ0v) is 15.0. The minimum atomic E-state index is -0.136. The Kier molecular flexibility index (Phi) is 4.53. The van der Waals surface area contributed by atoms with Crippen molar-refractivity contribution in [2.75, 3.05) is 11.5 Å². The summed E-state index contributed by atoms with van der Waals surface area (Å²) < 4.78 is 0. The second kappa shape index (κ2) is 6.46. The summed E-state index contributed by atoms with van der Waals surface area (Å²) in [6.45, 7) is 0. The first-order valence-corrected chi connectivity index (χ1v) is 8.19. The van der Waals surface area contributed by atoms with Gasteiger partial charge in [0.1, 0.15) is 5.69 Å². The predicted octanol–water partition coefficient (Wildman–Crippen LogP) is 4.99. The monoisotopic (exact) mass is 374 g/mol. The highest BCUT2D eigenvalue weighted by Crippen LogP contribution is 2.46. The summed E-state index contributed by atoms with van der Waals surface area (Å²) in [4.78, 5) is 1.80. The Morgan fingerprint density at radius 2 is 1.67 bits per heavy atom. The smallest absolute Gasteiger partial charge is 0.154 e. The number of fused-ring (bicyclic) bond motifs is 1. The van der Waals surface area contributed by atoms with Gasteiger partial charge in [-0.05, 0) is 30.3 Å². The predicted molar refractivity (Wildman–Crippen MR) is 107 cm³/mol. The lowest BCUT2D eigenvalue weighted by Crippen LogP contribution is -1.96. The highest BCUT2D eigenvalue weighted by molar-refractivity contribution is 7.81. The van der Waals surface area contributed by atoms with Crippen molar-refractivity contribution in [1.29, 1.82) is 0 Å². The van der Waals surface area contributed by atoms with Crippen LogP contribution >= 0.6 is 37.9 Å². The largest absolute Gasteiger partial charge is 0.505 e. The fourth-order valence-corrected chi connectivity index (χ4v) is 3.14. The molecule has 0 atom stereocenters. The van der Waals surface area contributed by atoms with Crippen LogP contribution in [0, 0.1) is 0 Å². The van der Waals surface area contributed by atoms with Crippen molar-refractivity contribution in [1.82, 2.24) is 0 Å². The molecule has 0 spiro atoms. The first kappa shape index (κ1) is 16.8. The Bertz CT molecular complexity index is 989. The van der Waals surface area contributed by atoms with Crippen LogP contribution in [0.2, 0.25) is 0 Å². The fourth-order valence-electron chi connectivity index (χ4n) is 2.33. The van der Waals surface area contributed by atoms with Crippen molar-refractivity contribution < 1.29 is 5.11 Å². The van der Waals surface area contributed by atoms with E-state index in [0.717, 1.165) is 4.90 Å². The molecule has 3 aromatic rings. The van der Waals surface area contributed by atoms with Crippen molar-refractivity contribution in [3.05, 3.63) is 36.4 Å². The van der Waals surface area contributed by atoms with Gasteiger partial charge >= 0.3 is 0 Å². The van der Waals surface area contributed by atoms with E-state index in [1.165, 1.54) is 0 Å². The first-order valence-electron chi connectivity index (χ1n) is 6.85. The topological polar surface area (TPSA) is 97.0 Å². The lowest BCUT2D eigenvalue weighted by Gasteiger charge is -2.12. The van der Waals surface area contributed by atoms with Crippen molar-refractivity contribution >= 4 is 71.4 Å². The van der Waals surface area contributed by atoms with Gasteiger partial charge in [-0.1, -0.05) is 6.07 Å². The molecule has 122 valence electrons. The molecule has 0 saturated carbocycles. The molecule has 5 N–H and O–H groups in total. The van der Waals surface area contributed by atoms with Gasteiger partial charge in [0, 0.05) is 20.1 Å². The van der Waals surface area contributed by atoms with Crippen LogP contribution in [-0.4, -0.2) is 5.11 Å². The molecule has 0 aliphatic heterocycles. The number of phenolic OH excluding ortho intramolecular Hbond substituents is 1. The number of rotatable bonds is 2. The van der Waals surface area contributed by atoms with E-state index in [1.54, 1.807) is 24.3 Å². The molecule has 0 unspecified atom stereocenters. The van der Waals surface area contributed by atoms with Crippen LogP contribution in [0.3, 0.4) is 0 Å². The normalized spacial score (nSPS) is 11.5. The first-order chi connectivity index (χ1) is 11.4. The molecule has 3 aromatic carbocycles.